The van der Waals surface area contributed by atoms with E-state index in [9.17, 15) is 14.9 Å². The van der Waals surface area contributed by atoms with Gasteiger partial charge in [0.15, 0.2) is 5.96 Å². The molecule has 8 heteroatoms. The monoisotopic (exact) mass is 375 g/mol. The summed E-state index contributed by atoms with van der Waals surface area (Å²) in [5, 5.41) is 16.8. The van der Waals surface area contributed by atoms with Crippen molar-refractivity contribution in [2.24, 2.45) is 4.99 Å². The topological polar surface area (TPSA) is 99.9 Å². The highest BCUT2D eigenvalue weighted by molar-refractivity contribution is 5.86. The third-order valence-corrected chi connectivity index (χ3v) is 3.36. The van der Waals surface area contributed by atoms with Gasteiger partial charge in [-0.3, -0.25) is 14.9 Å². The fourth-order valence-corrected chi connectivity index (χ4v) is 2.18. The van der Waals surface area contributed by atoms with Crippen molar-refractivity contribution >= 4 is 17.6 Å². The van der Waals surface area contributed by atoms with E-state index in [1.807, 2.05) is 27.7 Å². The summed E-state index contributed by atoms with van der Waals surface area (Å²) >= 11 is 0. The van der Waals surface area contributed by atoms with Gasteiger partial charge < -0.3 is 15.5 Å². The first-order valence-electron chi connectivity index (χ1n) is 8.66. The van der Waals surface area contributed by atoms with E-state index in [1.54, 1.807) is 24.1 Å². The molecule has 0 fully saturated rings. The SMILES string of the molecule is C=C(C)CNC(=NCc1ccc([N+](=O)[O-])cc1)N(C)CC(=O)NC(C)(C)C. The van der Waals surface area contributed by atoms with Crippen molar-refractivity contribution in [1.82, 2.24) is 15.5 Å². The van der Waals surface area contributed by atoms with E-state index in [0.29, 0.717) is 19.0 Å². The molecule has 1 aromatic carbocycles. The minimum atomic E-state index is -0.436. The zero-order valence-electron chi connectivity index (χ0n) is 16.7. The van der Waals surface area contributed by atoms with Gasteiger partial charge in [-0.25, -0.2) is 4.99 Å². The highest BCUT2D eigenvalue weighted by Gasteiger charge is 2.17. The number of benzene rings is 1. The molecule has 1 aromatic rings. The molecule has 0 aliphatic rings. The lowest BCUT2D eigenvalue weighted by Gasteiger charge is -2.25. The van der Waals surface area contributed by atoms with E-state index in [1.165, 1.54) is 12.1 Å². The lowest BCUT2D eigenvalue weighted by Crippen LogP contribution is -2.49. The first-order chi connectivity index (χ1) is 12.5. The molecule has 27 heavy (non-hydrogen) atoms. The Balaban J connectivity index is 2.84. The van der Waals surface area contributed by atoms with Crippen LogP contribution in [0.25, 0.3) is 0 Å². The van der Waals surface area contributed by atoms with Crippen LogP contribution in [0, 0.1) is 10.1 Å². The number of non-ortho nitro benzene ring substituents is 1. The van der Waals surface area contributed by atoms with Crippen LogP contribution < -0.4 is 10.6 Å². The largest absolute Gasteiger partial charge is 0.353 e. The number of rotatable bonds is 7. The van der Waals surface area contributed by atoms with Gasteiger partial charge in [0.05, 0.1) is 18.0 Å². The summed E-state index contributed by atoms with van der Waals surface area (Å²) in [5.74, 6) is 0.450. The Morgan fingerprint density at radius 1 is 1.30 bits per heavy atom. The summed E-state index contributed by atoms with van der Waals surface area (Å²) in [4.78, 5) is 28.7. The van der Waals surface area contributed by atoms with E-state index in [4.69, 9.17) is 0 Å². The lowest BCUT2D eigenvalue weighted by atomic mass is 10.1. The van der Waals surface area contributed by atoms with E-state index in [0.717, 1.165) is 11.1 Å². The molecule has 0 aliphatic carbocycles. The molecule has 1 amide bonds. The number of aliphatic imine (C=N–C) groups is 1. The average Bonchev–Trinajstić information content (AvgIpc) is 2.52. The molecule has 8 nitrogen and oxygen atoms in total. The fourth-order valence-electron chi connectivity index (χ4n) is 2.18. The zero-order valence-corrected chi connectivity index (χ0v) is 16.7. The third-order valence-electron chi connectivity index (χ3n) is 3.36. The van der Waals surface area contributed by atoms with Gasteiger partial charge in [0, 0.05) is 31.3 Å². The summed E-state index contributed by atoms with van der Waals surface area (Å²) in [5.41, 5.74) is 1.51. The van der Waals surface area contributed by atoms with Gasteiger partial charge in [-0.15, -0.1) is 0 Å². The molecular weight excluding hydrogens is 346 g/mol. The van der Waals surface area contributed by atoms with Crippen LogP contribution in [-0.4, -0.2) is 47.4 Å². The van der Waals surface area contributed by atoms with E-state index in [-0.39, 0.29) is 23.7 Å². The molecule has 1 rings (SSSR count). The molecule has 0 spiro atoms. The number of hydrogen-bond donors (Lipinski definition) is 2. The predicted molar refractivity (Wildman–Crippen MR) is 108 cm³/mol. The fraction of sp³-hybridized carbons (Fsp3) is 0.474. The number of amides is 1. The second kappa shape index (κ2) is 9.70. The van der Waals surface area contributed by atoms with Crippen LogP contribution in [0.15, 0.2) is 41.4 Å². The molecule has 0 unspecified atom stereocenters. The summed E-state index contributed by atoms with van der Waals surface area (Å²) in [7, 11) is 1.78. The first-order valence-corrected chi connectivity index (χ1v) is 8.66. The predicted octanol–water partition coefficient (Wildman–Crippen LogP) is 2.46. The van der Waals surface area contributed by atoms with Crippen LogP contribution >= 0.6 is 0 Å². The second-order valence-electron chi connectivity index (χ2n) is 7.53. The number of hydrogen-bond acceptors (Lipinski definition) is 4. The first kappa shape index (κ1) is 22.1. The van der Waals surface area contributed by atoms with Gasteiger partial charge in [-0.05, 0) is 33.3 Å². The number of nitro benzene ring substituents is 1. The Hall–Kier alpha value is -2.90. The minimum Gasteiger partial charge on any atom is -0.353 e. The minimum absolute atomic E-state index is 0.0410. The molecule has 0 bridgehead atoms. The Morgan fingerprint density at radius 2 is 1.89 bits per heavy atom. The van der Waals surface area contributed by atoms with Gasteiger partial charge >= 0.3 is 0 Å². The number of nitrogens with zero attached hydrogens (tertiary/aromatic N) is 3. The number of nitrogens with one attached hydrogen (secondary N) is 2. The molecular formula is C19H29N5O3. The summed E-state index contributed by atoms with van der Waals surface area (Å²) in [6.45, 7) is 12.5. The van der Waals surface area contributed by atoms with Crippen LogP contribution in [0.1, 0.15) is 33.3 Å². The van der Waals surface area contributed by atoms with Crippen molar-refractivity contribution < 1.29 is 9.72 Å². The molecule has 0 heterocycles. The van der Waals surface area contributed by atoms with Crippen molar-refractivity contribution in [2.75, 3.05) is 20.1 Å². The van der Waals surface area contributed by atoms with Crippen LogP contribution in [0.5, 0.6) is 0 Å². The van der Waals surface area contributed by atoms with Crippen molar-refractivity contribution in [2.45, 2.75) is 39.8 Å². The Kier molecular flexibility index (Phi) is 7.96. The molecule has 0 radical (unpaired) electrons. The van der Waals surface area contributed by atoms with E-state index >= 15 is 0 Å². The maximum atomic E-state index is 12.2. The van der Waals surface area contributed by atoms with Crippen LogP contribution in [0.4, 0.5) is 5.69 Å². The quantitative estimate of drug-likeness (QED) is 0.251. The molecule has 0 saturated heterocycles. The number of carbonyl (C=O) groups excluding carboxylic acids is 1. The van der Waals surface area contributed by atoms with Crippen LogP contribution in [-0.2, 0) is 11.3 Å². The van der Waals surface area contributed by atoms with Gasteiger partial charge in [-0.1, -0.05) is 24.3 Å². The average molecular weight is 375 g/mol. The van der Waals surface area contributed by atoms with Crippen molar-refractivity contribution in [3.05, 3.63) is 52.1 Å². The maximum Gasteiger partial charge on any atom is 0.269 e. The number of carbonyl (C=O) groups is 1. The molecule has 0 aliphatic heterocycles. The summed E-state index contributed by atoms with van der Waals surface area (Å²) in [6, 6.07) is 6.24. The van der Waals surface area contributed by atoms with Crippen molar-refractivity contribution in [3.8, 4) is 0 Å². The third kappa shape index (κ3) is 8.84. The highest BCUT2D eigenvalue weighted by atomic mass is 16.6. The van der Waals surface area contributed by atoms with Crippen molar-refractivity contribution in [3.63, 3.8) is 0 Å². The summed E-state index contributed by atoms with van der Waals surface area (Å²) in [6.07, 6.45) is 0. The molecule has 148 valence electrons. The van der Waals surface area contributed by atoms with Gasteiger partial charge in [-0.2, -0.15) is 0 Å². The maximum absolute atomic E-state index is 12.2. The Bertz CT molecular complexity index is 705. The molecule has 2 N–H and O–H groups in total. The van der Waals surface area contributed by atoms with Crippen molar-refractivity contribution in [1.29, 1.82) is 0 Å². The normalized spacial score (nSPS) is 11.7. The molecule has 0 saturated carbocycles. The van der Waals surface area contributed by atoms with E-state index in [2.05, 4.69) is 22.2 Å². The standard InChI is InChI=1S/C19H29N5O3/c1-14(2)11-20-18(23(6)13-17(25)22-19(3,4)5)21-12-15-7-9-16(10-8-15)24(26)27/h7-10H,1,11-13H2,2-6H3,(H,20,21)(H,22,25). The number of nitro groups is 1. The van der Waals surface area contributed by atoms with Gasteiger partial charge in [0.2, 0.25) is 5.91 Å². The second-order valence-corrected chi connectivity index (χ2v) is 7.53. The zero-order chi connectivity index (χ0) is 20.6. The smallest absolute Gasteiger partial charge is 0.269 e. The lowest BCUT2D eigenvalue weighted by molar-refractivity contribution is -0.384. The number of likely N-dealkylation sites (N-methyl/N-ethyl adjacent to an activating group) is 1. The molecule has 0 atom stereocenters. The molecule has 0 aromatic heterocycles. The van der Waals surface area contributed by atoms with Crippen LogP contribution in [0.2, 0.25) is 0 Å². The van der Waals surface area contributed by atoms with Crippen LogP contribution in [0.3, 0.4) is 0 Å². The Labute approximate surface area is 160 Å². The Morgan fingerprint density at radius 3 is 2.37 bits per heavy atom. The van der Waals surface area contributed by atoms with E-state index < -0.39 is 4.92 Å². The summed E-state index contributed by atoms with van der Waals surface area (Å²) < 4.78 is 0. The number of guanidine groups is 1. The highest BCUT2D eigenvalue weighted by Crippen LogP contribution is 2.12. The van der Waals surface area contributed by atoms with Gasteiger partial charge in [0.1, 0.15) is 0 Å². The van der Waals surface area contributed by atoms with Gasteiger partial charge in [0.25, 0.3) is 5.69 Å².